The number of benzene rings is 1. The minimum Gasteiger partial charge on any atom is -0.364 e. The molecule has 3 rings (SSSR count). The molecule has 1 aromatic carbocycles. The van der Waals surface area contributed by atoms with E-state index in [2.05, 4.69) is 29.4 Å². The van der Waals surface area contributed by atoms with Gasteiger partial charge in [-0.05, 0) is 18.9 Å². The van der Waals surface area contributed by atoms with Gasteiger partial charge >= 0.3 is 0 Å². The third kappa shape index (κ3) is 1.60. The second kappa shape index (κ2) is 3.30. The lowest BCUT2D eigenvalue weighted by atomic mass is 9.73. The summed E-state index contributed by atoms with van der Waals surface area (Å²) in [7, 11) is 1.05. The van der Waals surface area contributed by atoms with Crippen LogP contribution in [0.2, 0.25) is 6.82 Å². The number of fused-ring (bicyclic) bond motifs is 1. The minimum atomic E-state index is 0.614. The molecular weight excluding hydrogens is 187 g/mol. The normalized spacial score (nSPS) is 15.5. The highest BCUT2D eigenvalue weighted by Crippen LogP contribution is 2.28. The predicted molar refractivity (Wildman–Crippen MR) is 63.3 cm³/mol. The van der Waals surface area contributed by atoms with Crippen molar-refractivity contribution in [3.63, 3.8) is 0 Å². The Balaban J connectivity index is 2.04. The molecule has 0 amide bonds. The highest BCUT2D eigenvalue weighted by atomic mass is 16.5. The SMILES string of the molecule is CBc1ccc2onc(NC3CC3)c2c1. The molecule has 4 heteroatoms. The average molecular weight is 200 g/mol. The Bertz CT molecular complexity index is 490. The zero-order valence-electron chi connectivity index (χ0n) is 8.79. The molecule has 76 valence electrons. The van der Waals surface area contributed by atoms with Crippen molar-refractivity contribution in [3.8, 4) is 0 Å². The molecule has 0 saturated heterocycles. The summed E-state index contributed by atoms with van der Waals surface area (Å²) in [5, 5.41) is 8.56. The van der Waals surface area contributed by atoms with Gasteiger partial charge in [-0.25, -0.2) is 0 Å². The Kier molecular flexibility index (Phi) is 1.94. The summed E-state index contributed by atoms with van der Waals surface area (Å²) >= 11 is 0. The lowest BCUT2D eigenvalue weighted by molar-refractivity contribution is 0.459. The number of hydrogen-bond acceptors (Lipinski definition) is 3. The van der Waals surface area contributed by atoms with E-state index in [1.807, 2.05) is 6.07 Å². The minimum absolute atomic E-state index is 0.614. The maximum Gasteiger partial charge on any atom is 0.177 e. The number of anilines is 1. The van der Waals surface area contributed by atoms with Gasteiger partial charge in [0.2, 0.25) is 0 Å². The van der Waals surface area contributed by atoms with Crippen LogP contribution in [0.25, 0.3) is 11.0 Å². The largest absolute Gasteiger partial charge is 0.364 e. The molecule has 0 atom stereocenters. The Morgan fingerprint density at radius 3 is 3.07 bits per heavy atom. The molecule has 0 spiro atoms. The molecule has 1 aliphatic carbocycles. The second-order valence-electron chi connectivity index (χ2n) is 4.13. The Morgan fingerprint density at radius 2 is 2.33 bits per heavy atom. The molecule has 1 aliphatic rings. The van der Waals surface area contributed by atoms with Gasteiger partial charge in [0.15, 0.2) is 18.7 Å². The molecule has 1 fully saturated rings. The van der Waals surface area contributed by atoms with Crippen molar-refractivity contribution in [1.82, 2.24) is 5.16 Å². The summed E-state index contributed by atoms with van der Waals surface area (Å²) in [6.07, 6.45) is 2.50. The summed E-state index contributed by atoms with van der Waals surface area (Å²) in [4.78, 5) is 0. The van der Waals surface area contributed by atoms with Crippen molar-refractivity contribution < 1.29 is 4.52 Å². The molecule has 0 unspecified atom stereocenters. The van der Waals surface area contributed by atoms with Gasteiger partial charge in [-0.2, -0.15) is 0 Å². The van der Waals surface area contributed by atoms with Crippen molar-refractivity contribution in [2.24, 2.45) is 0 Å². The lowest BCUT2D eigenvalue weighted by Gasteiger charge is -1.99. The van der Waals surface area contributed by atoms with Crippen LogP contribution < -0.4 is 10.8 Å². The van der Waals surface area contributed by atoms with E-state index in [4.69, 9.17) is 4.52 Å². The van der Waals surface area contributed by atoms with Gasteiger partial charge in [-0.3, -0.25) is 0 Å². The molecule has 0 bridgehead atoms. The third-order valence-corrected chi connectivity index (χ3v) is 2.86. The van der Waals surface area contributed by atoms with Gasteiger partial charge in [-0.15, -0.1) is 0 Å². The molecule has 1 N–H and O–H groups in total. The molecule has 1 heterocycles. The van der Waals surface area contributed by atoms with Crippen LogP contribution >= 0.6 is 0 Å². The van der Waals surface area contributed by atoms with Crippen molar-refractivity contribution in [1.29, 1.82) is 0 Å². The predicted octanol–water partition coefficient (Wildman–Crippen LogP) is 1.51. The third-order valence-electron chi connectivity index (χ3n) is 2.86. The van der Waals surface area contributed by atoms with Gasteiger partial charge in [0.05, 0.1) is 5.39 Å². The van der Waals surface area contributed by atoms with Crippen molar-refractivity contribution in [2.75, 3.05) is 5.32 Å². The van der Waals surface area contributed by atoms with Crippen LogP contribution in [0.1, 0.15) is 12.8 Å². The van der Waals surface area contributed by atoms with E-state index in [1.54, 1.807) is 0 Å². The first-order chi connectivity index (χ1) is 7.36. The zero-order chi connectivity index (χ0) is 10.3. The number of hydrogen-bond donors (Lipinski definition) is 1. The first kappa shape index (κ1) is 8.83. The van der Waals surface area contributed by atoms with Gasteiger partial charge in [0, 0.05) is 6.04 Å². The first-order valence-corrected chi connectivity index (χ1v) is 5.51. The summed E-state index contributed by atoms with van der Waals surface area (Å²) in [5.74, 6) is 0.905. The highest BCUT2D eigenvalue weighted by Gasteiger charge is 2.23. The summed E-state index contributed by atoms with van der Waals surface area (Å²) in [5.41, 5.74) is 2.19. The van der Waals surface area contributed by atoms with Gasteiger partial charge < -0.3 is 9.84 Å². The van der Waals surface area contributed by atoms with Gasteiger partial charge in [0.1, 0.15) is 0 Å². The van der Waals surface area contributed by atoms with Crippen molar-refractivity contribution >= 4 is 29.5 Å². The smallest absolute Gasteiger partial charge is 0.177 e. The zero-order valence-corrected chi connectivity index (χ0v) is 8.79. The Hall–Kier alpha value is -1.45. The fourth-order valence-corrected chi connectivity index (χ4v) is 1.73. The molecular formula is C11H13BN2O. The van der Waals surface area contributed by atoms with E-state index < -0.39 is 0 Å². The monoisotopic (exact) mass is 200 g/mol. The first-order valence-electron chi connectivity index (χ1n) is 5.51. The number of nitrogens with one attached hydrogen (secondary N) is 1. The summed E-state index contributed by atoms with van der Waals surface area (Å²) in [6.45, 7) is 2.16. The fraction of sp³-hybridized carbons (Fsp3) is 0.364. The highest BCUT2D eigenvalue weighted by molar-refractivity contribution is 6.52. The maximum atomic E-state index is 5.26. The molecule has 15 heavy (non-hydrogen) atoms. The van der Waals surface area contributed by atoms with E-state index in [1.165, 1.54) is 18.3 Å². The Labute approximate surface area is 89.1 Å². The van der Waals surface area contributed by atoms with E-state index in [9.17, 15) is 0 Å². The maximum absolute atomic E-state index is 5.26. The average Bonchev–Trinajstić information content (AvgIpc) is 3.00. The van der Waals surface area contributed by atoms with Crippen LogP contribution in [0.15, 0.2) is 22.7 Å². The van der Waals surface area contributed by atoms with Gasteiger partial charge in [-0.1, -0.05) is 29.6 Å². The fourth-order valence-electron chi connectivity index (χ4n) is 1.73. The van der Waals surface area contributed by atoms with Crippen LogP contribution in [0.4, 0.5) is 5.82 Å². The summed E-state index contributed by atoms with van der Waals surface area (Å²) < 4.78 is 5.26. The molecule has 1 aromatic heterocycles. The molecule has 0 radical (unpaired) electrons. The molecule has 1 saturated carbocycles. The quantitative estimate of drug-likeness (QED) is 0.763. The van der Waals surface area contributed by atoms with Crippen LogP contribution in [0.3, 0.4) is 0 Å². The van der Waals surface area contributed by atoms with Crippen LogP contribution in [-0.2, 0) is 0 Å². The topological polar surface area (TPSA) is 38.1 Å². The molecule has 0 aliphatic heterocycles. The van der Waals surface area contributed by atoms with Gasteiger partial charge in [0.25, 0.3) is 0 Å². The van der Waals surface area contributed by atoms with E-state index in [0.29, 0.717) is 6.04 Å². The van der Waals surface area contributed by atoms with Crippen LogP contribution in [0.5, 0.6) is 0 Å². The number of nitrogens with zero attached hydrogens (tertiary/aromatic N) is 1. The molecule has 3 nitrogen and oxygen atoms in total. The van der Waals surface area contributed by atoms with Crippen molar-refractivity contribution in [3.05, 3.63) is 18.2 Å². The van der Waals surface area contributed by atoms with E-state index in [-0.39, 0.29) is 0 Å². The van der Waals surface area contributed by atoms with Crippen LogP contribution in [-0.4, -0.2) is 18.5 Å². The Morgan fingerprint density at radius 1 is 1.47 bits per heavy atom. The van der Waals surface area contributed by atoms with Crippen molar-refractivity contribution in [2.45, 2.75) is 25.7 Å². The lowest BCUT2D eigenvalue weighted by Crippen LogP contribution is -2.09. The second-order valence-corrected chi connectivity index (χ2v) is 4.13. The van der Waals surface area contributed by atoms with E-state index >= 15 is 0 Å². The van der Waals surface area contributed by atoms with Crippen LogP contribution in [0, 0.1) is 0 Å². The number of aromatic nitrogens is 1. The van der Waals surface area contributed by atoms with E-state index in [0.717, 1.165) is 24.1 Å². The number of rotatable bonds is 3. The standard InChI is InChI=1S/C11H13BN2O/c1-12-7-2-5-10-9(6-7)11(14-15-10)13-8-3-4-8/h2,5-6,8,12H,3-4H2,1H3,(H,13,14). The summed E-state index contributed by atoms with van der Waals surface area (Å²) in [6, 6.07) is 6.87. The molecule has 2 aromatic rings.